The summed E-state index contributed by atoms with van der Waals surface area (Å²) in [7, 11) is 1.30. The van der Waals surface area contributed by atoms with E-state index in [1.54, 1.807) is 36.4 Å². The standard InChI is InChI=1S/C22H25N3O4/c1-29-22(28)17-8-4-3-7-15(17)14-20(26)24-18-13-16(21(23)27)9-10-19(18)25-11-5-2-6-12-25/h3-4,7-10,13H,2,5-6,11-12,14H2,1H3,(H2,23,27)(H,24,26). The number of nitrogens with one attached hydrogen (secondary N) is 1. The summed E-state index contributed by atoms with van der Waals surface area (Å²) in [5.74, 6) is -1.33. The molecule has 2 aromatic rings. The van der Waals surface area contributed by atoms with Gasteiger partial charge in [0.1, 0.15) is 0 Å². The number of amides is 2. The van der Waals surface area contributed by atoms with E-state index >= 15 is 0 Å². The highest BCUT2D eigenvalue weighted by atomic mass is 16.5. The highest BCUT2D eigenvalue weighted by molar-refractivity contribution is 6.01. The van der Waals surface area contributed by atoms with Gasteiger partial charge in [-0.3, -0.25) is 9.59 Å². The second-order valence-corrected chi connectivity index (χ2v) is 7.02. The summed E-state index contributed by atoms with van der Waals surface area (Å²) < 4.78 is 4.79. The van der Waals surface area contributed by atoms with Crippen molar-refractivity contribution in [3.63, 3.8) is 0 Å². The molecule has 1 heterocycles. The number of piperidine rings is 1. The van der Waals surface area contributed by atoms with Crippen LogP contribution in [0.5, 0.6) is 0 Å². The molecule has 1 saturated heterocycles. The van der Waals surface area contributed by atoms with Crippen LogP contribution in [0.3, 0.4) is 0 Å². The van der Waals surface area contributed by atoms with Gasteiger partial charge >= 0.3 is 5.97 Å². The van der Waals surface area contributed by atoms with Crippen LogP contribution in [0.15, 0.2) is 42.5 Å². The van der Waals surface area contributed by atoms with E-state index in [2.05, 4.69) is 10.2 Å². The number of benzene rings is 2. The molecule has 1 aliphatic rings. The van der Waals surface area contributed by atoms with E-state index in [4.69, 9.17) is 10.5 Å². The molecule has 1 aliphatic heterocycles. The lowest BCUT2D eigenvalue weighted by Gasteiger charge is -2.30. The molecule has 0 radical (unpaired) electrons. The highest BCUT2D eigenvalue weighted by Gasteiger charge is 2.19. The van der Waals surface area contributed by atoms with Crippen LogP contribution in [0.4, 0.5) is 11.4 Å². The summed E-state index contributed by atoms with van der Waals surface area (Å²) in [4.78, 5) is 38.5. The van der Waals surface area contributed by atoms with Gasteiger partial charge < -0.3 is 20.7 Å². The molecule has 0 atom stereocenters. The molecule has 7 heteroatoms. The molecule has 29 heavy (non-hydrogen) atoms. The minimum atomic E-state index is -0.554. The molecule has 2 amide bonds. The van der Waals surface area contributed by atoms with Crippen molar-refractivity contribution in [2.45, 2.75) is 25.7 Å². The Morgan fingerprint density at radius 3 is 2.48 bits per heavy atom. The van der Waals surface area contributed by atoms with Crippen LogP contribution in [0, 0.1) is 0 Å². The third-order valence-electron chi connectivity index (χ3n) is 5.03. The summed E-state index contributed by atoms with van der Waals surface area (Å²) in [6.07, 6.45) is 3.35. The molecule has 0 aromatic heterocycles. The molecule has 3 N–H and O–H groups in total. The van der Waals surface area contributed by atoms with Crippen molar-refractivity contribution in [3.05, 3.63) is 59.2 Å². The van der Waals surface area contributed by atoms with Gasteiger partial charge in [0.2, 0.25) is 11.8 Å². The number of rotatable bonds is 6. The van der Waals surface area contributed by atoms with Crippen LogP contribution in [0.25, 0.3) is 0 Å². The van der Waals surface area contributed by atoms with E-state index in [9.17, 15) is 14.4 Å². The third kappa shape index (κ3) is 4.93. The number of hydrogen-bond donors (Lipinski definition) is 2. The zero-order chi connectivity index (χ0) is 20.8. The van der Waals surface area contributed by atoms with Gasteiger partial charge in [-0.15, -0.1) is 0 Å². The van der Waals surface area contributed by atoms with Gasteiger partial charge in [0.05, 0.1) is 30.5 Å². The number of nitrogens with two attached hydrogens (primary N) is 1. The largest absolute Gasteiger partial charge is 0.465 e. The maximum absolute atomic E-state index is 12.8. The lowest BCUT2D eigenvalue weighted by molar-refractivity contribution is -0.115. The van der Waals surface area contributed by atoms with Crippen LogP contribution in [-0.2, 0) is 16.0 Å². The molecule has 7 nitrogen and oxygen atoms in total. The normalized spacial score (nSPS) is 13.6. The Kier molecular flexibility index (Phi) is 6.49. The second kappa shape index (κ2) is 9.23. The number of carbonyl (C=O) groups is 3. The van der Waals surface area contributed by atoms with Crippen molar-refractivity contribution in [2.75, 3.05) is 30.4 Å². The molecule has 0 spiro atoms. The minimum absolute atomic E-state index is 0.00547. The van der Waals surface area contributed by atoms with Crippen molar-refractivity contribution < 1.29 is 19.1 Å². The molecule has 0 unspecified atom stereocenters. The van der Waals surface area contributed by atoms with E-state index in [-0.39, 0.29) is 12.3 Å². The van der Waals surface area contributed by atoms with Crippen molar-refractivity contribution in [1.29, 1.82) is 0 Å². The first-order chi connectivity index (χ1) is 14.0. The van der Waals surface area contributed by atoms with E-state index in [0.717, 1.165) is 31.6 Å². The predicted molar refractivity (Wildman–Crippen MR) is 111 cm³/mol. The molecule has 3 rings (SSSR count). The van der Waals surface area contributed by atoms with Gasteiger partial charge in [-0.25, -0.2) is 4.79 Å². The van der Waals surface area contributed by atoms with Gasteiger partial charge in [0.15, 0.2) is 0 Å². The van der Waals surface area contributed by atoms with E-state index in [0.29, 0.717) is 22.4 Å². The van der Waals surface area contributed by atoms with Crippen molar-refractivity contribution >= 4 is 29.2 Å². The maximum Gasteiger partial charge on any atom is 0.338 e. The number of primary amides is 1. The third-order valence-corrected chi connectivity index (χ3v) is 5.03. The lowest BCUT2D eigenvalue weighted by atomic mass is 10.0. The monoisotopic (exact) mass is 395 g/mol. The average Bonchev–Trinajstić information content (AvgIpc) is 2.74. The summed E-state index contributed by atoms with van der Waals surface area (Å²) in [5, 5.41) is 2.90. The average molecular weight is 395 g/mol. The van der Waals surface area contributed by atoms with Crippen molar-refractivity contribution in [2.24, 2.45) is 5.73 Å². The Balaban J connectivity index is 1.85. The number of carbonyl (C=O) groups excluding carboxylic acids is 3. The predicted octanol–water partition coefficient (Wildman–Crippen LogP) is 2.74. The quantitative estimate of drug-likeness (QED) is 0.733. The fourth-order valence-corrected chi connectivity index (χ4v) is 3.55. The molecule has 0 bridgehead atoms. The van der Waals surface area contributed by atoms with Crippen LogP contribution >= 0.6 is 0 Å². The zero-order valence-electron chi connectivity index (χ0n) is 16.4. The van der Waals surface area contributed by atoms with E-state index < -0.39 is 11.9 Å². The SMILES string of the molecule is COC(=O)c1ccccc1CC(=O)Nc1cc(C(N)=O)ccc1N1CCCCC1. The Bertz CT molecular complexity index is 920. The summed E-state index contributed by atoms with van der Waals surface area (Å²) in [5.41, 5.74) is 8.08. The first kappa shape index (κ1) is 20.4. The fourth-order valence-electron chi connectivity index (χ4n) is 3.55. The molecule has 0 aliphatic carbocycles. The summed E-state index contributed by atoms with van der Waals surface area (Å²) in [6, 6.07) is 11.9. The van der Waals surface area contributed by atoms with Gasteiger partial charge in [0, 0.05) is 18.7 Å². The zero-order valence-corrected chi connectivity index (χ0v) is 16.4. The Labute approximate surface area is 169 Å². The van der Waals surface area contributed by atoms with Crippen LogP contribution in [0.1, 0.15) is 45.5 Å². The minimum Gasteiger partial charge on any atom is -0.465 e. The molecule has 0 saturated carbocycles. The number of nitrogens with zero attached hydrogens (tertiary/aromatic N) is 1. The molecule has 2 aromatic carbocycles. The Morgan fingerprint density at radius 1 is 1.07 bits per heavy atom. The first-order valence-corrected chi connectivity index (χ1v) is 9.64. The van der Waals surface area contributed by atoms with E-state index in [1.165, 1.54) is 13.5 Å². The van der Waals surface area contributed by atoms with Crippen LogP contribution < -0.4 is 16.0 Å². The van der Waals surface area contributed by atoms with Gasteiger partial charge in [-0.1, -0.05) is 18.2 Å². The number of hydrogen-bond acceptors (Lipinski definition) is 5. The van der Waals surface area contributed by atoms with Crippen LogP contribution in [0.2, 0.25) is 0 Å². The number of ether oxygens (including phenoxy) is 1. The molecule has 1 fully saturated rings. The number of esters is 1. The molecular weight excluding hydrogens is 370 g/mol. The number of methoxy groups -OCH3 is 1. The summed E-state index contributed by atoms with van der Waals surface area (Å²) in [6.45, 7) is 1.79. The lowest BCUT2D eigenvalue weighted by Crippen LogP contribution is -2.31. The van der Waals surface area contributed by atoms with Gasteiger partial charge in [0.25, 0.3) is 0 Å². The smallest absolute Gasteiger partial charge is 0.338 e. The Hall–Kier alpha value is -3.35. The molecule has 152 valence electrons. The topological polar surface area (TPSA) is 102 Å². The van der Waals surface area contributed by atoms with Crippen LogP contribution in [-0.4, -0.2) is 38.0 Å². The number of anilines is 2. The Morgan fingerprint density at radius 2 is 1.79 bits per heavy atom. The van der Waals surface area contributed by atoms with Gasteiger partial charge in [-0.05, 0) is 49.1 Å². The van der Waals surface area contributed by atoms with E-state index in [1.807, 2.05) is 6.07 Å². The fraction of sp³-hybridized carbons (Fsp3) is 0.318. The second-order valence-electron chi connectivity index (χ2n) is 7.02. The summed E-state index contributed by atoms with van der Waals surface area (Å²) >= 11 is 0. The highest BCUT2D eigenvalue weighted by Crippen LogP contribution is 2.30. The van der Waals surface area contributed by atoms with Gasteiger partial charge in [-0.2, -0.15) is 0 Å². The van der Waals surface area contributed by atoms with Crippen molar-refractivity contribution in [1.82, 2.24) is 0 Å². The van der Waals surface area contributed by atoms with Crippen molar-refractivity contribution in [3.8, 4) is 0 Å². The maximum atomic E-state index is 12.8. The molecular formula is C22H25N3O4. The first-order valence-electron chi connectivity index (χ1n) is 9.64.